The molecule has 2 aromatic carbocycles. The molecule has 2 aliphatic rings. The quantitative estimate of drug-likeness (QED) is 0.514. The zero-order valence-corrected chi connectivity index (χ0v) is 21.8. The highest BCUT2D eigenvalue weighted by atomic mass is 16.2. The molecule has 4 amide bonds. The Morgan fingerprint density at radius 1 is 1.08 bits per heavy atom. The van der Waals surface area contributed by atoms with Crippen LogP contribution < -0.4 is 10.6 Å². The zero-order valence-electron chi connectivity index (χ0n) is 21.8. The smallest absolute Gasteiger partial charge is 0.322 e. The molecule has 0 radical (unpaired) electrons. The number of likely N-dealkylation sites (tertiary alicyclic amines) is 1. The third-order valence-electron chi connectivity index (χ3n) is 7.45. The van der Waals surface area contributed by atoms with Crippen molar-refractivity contribution < 1.29 is 9.59 Å². The molecule has 0 atom stereocenters. The summed E-state index contributed by atoms with van der Waals surface area (Å²) in [6.07, 6.45) is 3.41. The number of carbonyl (C=O) groups is 2. The summed E-state index contributed by atoms with van der Waals surface area (Å²) in [4.78, 5) is 36.7. The molecule has 1 saturated heterocycles. The maximum Gasteiger partial charge on any atom is 0.322 e. The molecule has 2 aliphatic heterocycles. The Labute approximate surface area is 218 Å². The van der Waals surface area contributed by atoms with Crippen molar-refractivity contribution in [1.29, 1.82) is 0 Å². The number of anilines is 1. The van der Waals surface area contributed by atoms with E-state index in [0.717, 1.165) is 61.3 Å². The highest BCUT2D eigenvalue weighted by Gasteiger charge is 2.31. The number of urea groups is 2. The largest absolute Gasteiger partial charge is 0.331 e. The molecular formula is C28H37N7O2. The summed E-state index contributed by atoms with van der Waals surface area (Å²) in [5.41, 5.74) is 4.13. The van der Waals surface area contributed by atoms with E-state index in [4.69, 9.17) is 4.98 Å². The van der Waals surface area contributed by atoms with Crippen LogP contribution in [-0.2, 0) is 19.5 Å². The van der Waals surface area contributed by atoms with Gasteiger partial charge in [0.25, 0.3) is 0 Å². The van der Waals surface area contributed by atoms with Gasteiger partial charge in [0.15, 0.2) is 0 Å². The lowest BCUT2D eigenvalue weighted by Crippen LogP contribution is -2.51. The van der Waals surface area contributed by atoms with Gasteiger partial charge in [-0.3, -0.25) is 0 Å². The maximum absolute atomic E-state index is 13.0. The van der Waals surface area contributed by atoms with E-state index in [9.17, 15) is 9.59 Å². The number of aryl methyl sites for hydroxylation is 1. The number of benzene rings is 2. The number of piperidine rings is 1. The first-order valence-electron chi connectivity index (χ1n) is 13.3. The van der Waals surface area contributed by atoms with Crippen LogP contribution in [0.3, 0.4) is 0 Å². The van der Waals surface area contributed by atoms with E-state index >= 15 is 0 Å². The van der Waals surface area contributed by atoms with Crippen LogP contribution in [0.4, 0.5) is 15.3 Å². The normalized spacial score (nSPS) is 16.6. The second kappa shape index (κ2) is 11.2. The summed E-state index contributed by atoms with van der Waals surface area (Å²) < 4.78 is 2.22. The van der Waals surface area contributed by atoms with E-state index in [0.29, 0.717) is 26.2 Å². The van der Waals surface area contributed by atoms with E-state index < -0.39 is 0 Å². The molecule has 9 heteroatoms. The number of amides is 4. The van der Waals surface area contributed by atoms with Crippen molar-refractivity contribution in [2.75, 3.05) is 45.6 Å². The van der Waals surface area contributed by atoms with Crippen molar-refractivity contribution in [3.05, 3.63) is 59.9 Å². The third kappa shape index (κ3) is 5.72. The van der Waals surface area contributed by atoms with Crippen LogP contribution in [0.1, 0.15) is 30.7 Å². The molecule has 196 valence electrons. The lowest BCUT2D eigenvalue weighted by Gasteiger charge is -2.37. The fourth-order valence-electron chi connectivity index (χ4n) is 5.44. The Balaban J connectivity index is 1.16. The standard InChI is InChI=1S/C28H37N7O2/c1-32(2)15-7-16-35-25-11-6-5-10-24(25)30-26(35)20-29-27(36)33-17-13-22(14-18-33)34-19-12-21-8-3-4-9-23(21)31-28(34)37/h3-6,8-11,22H,7,12-20H2,1-2H3,(H,29,36)(H,31,37). The van der Waals surface area contributed by atoms with E-state index in [1.54, 1.807) is 0 Å². The van der Waals surface area contributed by atoms with Crippen LogP contribution >= 0.6 is 0 Å². The number of fused-ring (bicyclic) bond motifs is 2. The van der Waals surface area contributed by atoms with Gasteiger partial charge >= 0.3 is 12.1 Å². The Bertz CT molecular complexity index is 1250. The number of carbonyl (C=O) groups excluding carboxylic acids is 2. The first-order chi connectivity index (χ1) is 18.0. The van der Waals surface area contributed by atoms with Crippen LogP contribution in [0.2, 0.25) is 0 Å². The minimum atomic E-state index is -0.0712. The highest BCUT2D eigenvalue weighted by Crippen LogP contribution is 2.24. The van der Waals surface area contributed by atoms with E-state index in [1.807, 2.05) is 46.2 Å². The van der Waals surface area contributed by atoms with Gasteiger partial charge in [0.1, 0.15) is 5.82 Å². The van der Waals surface area contributed by atoms with Crippen LogP contribution in [0.15, 0.2) is 48.5 Å². The fourth-order valence-corrected chi connectivity index (χ4v) is 5.44. The monoisotopic (exact) mass is 503 g/mol. The topological polar surface area (TPSA) is 85.7 Å². The molecule has 3 heterocycles. The molecule has 0 unspecified atom stereocenters. The van der Waals surface area contributed by atoms with Crippen molar-refractivity contribution in [3.8, 4) is 0 Å². The molecule has 3 aromatic rings. The molecule has 1 aromatic heterocycles. The van der Waals surface area contributed by atoms with Gasteiger partial charge in [0, 0.05) is 37.9 Å². The van der Waals surface area contributed by atoms with E-state index in [2.05, 4.69) is 46.3 Å². The molecule has 2 N–H and O–H groups in total. The summed E-state index contributed by atoms with van der Waals surface area (Å²) in [5.74, 6) is 0.879. The number of nitrogens with zero attached hydrogens (tertiary/aromatic N) is 5. The van der Waals surface area contributed by atoms with Gasteiger partial charge in [-0.2, -0.15) is 0 Å². The number of aromatic nitrogens is 2. The number of para-hydroxylation sites is 3. The Morgan fingerprint density at radius 2 is 1.84 bits per heavy atom. The first kappa shape index (κ1) is 25.1. The summed E-state index contributed by atoms with van der Waals surface area (Å²) in [6, 6.07) is 16.1. The number of hydrogen-bond donors (Lipinski definition) is 2. The Morgan fingerprint density at radius 3 is 2.65 bits per heavy atom. The number of rotatable bonds is 7. The van der Waals surface area contributed by atoms with Gasteiger partial charge in [0.05, 0.1) is 17.6 Å². The average Bonchev–Trinajstić information content (AvgIpc) is 3.16. The third-order valence-corrected chi connectivity index (χ3v) is 7.45. The Hall–Kier alpha value is -3.59. The highest BCUT2D eigenvalue weighted by molar-refractivity contribution is 5.91. The summed E-state index contributed by atoms with van der Waals surface area (Å²) >= 11 is 0. The van der Waals surface area contributed by atoms with Gasteiger partial charge in [-0.05, 0) is 70.1 Å². The maximum atomic E-state index is 13.0. The first-order valence-corrected chi connectivity index (χ1v) is 13.3. The molecule has 1 fully saturated rings. The van der Waals surface area contributed by atoms with Gasteiger partial charge < -0.3 is 29.9 Å². The van der Waals surface area contributed by atoms with E-state index in [-0.39, 0.29) is 18.1 Å². The summed E-state index contributed by atoms with van der Waals surface area (Å²) in [7, 11) is 4.16. The molecule has 0 saturated carbocycles. The molecular weight excluding hydrogens is 466 g/mol. The van der Waals surface area contributed by atoms with Crippen LogP contribution in [-0.4, -0.2) is 82.6 Å². The Kier molecular flexibility index (Phi) is 7.60. The summed E-state index contributed by atoms with van der Waals surface area (Å²) in [5, 5.41) is 6.16. The summed E-state index contributed by atoms with van der Waals surface area (Å²) in [6.45, 7) is 4.20. The van der Waals surface area contributed by atoms with Crippen LogP contribution in [0, 0.1) is 0 Å². The SMILES string of the molecule is CN(C)CCCn1c(CNC(=O)N2CCC(N3CCc4ccccc4NC3=O)CC2)nc2ccccc21. The fraction of sp³-hybridized carbons (Fsp3) is 0.464. The number of imidazole rings is 1. The molecule has 5 rings (SSSR count). The lowest BCUT2D eigenvalue weighted by molar-refractivity contribution is 0.134. The molecule has 37 heavy (non-hydrogen) atoms. The predicted octanol–water partition coefficient (Wildman–Crippen LogP) is 3.75. The van der Waals surface area contributed by atoms with Gasteiger partial charge in [0.2, 0.25) is 0 Å². The average molecular weight is 504 g/mol. The van der Waals surface area contributed by atoms with Crippen molar-refractivity contribution in [2.24, 2.45) is 0 Å². The van der Waals surface area contributed by atoms with Crippen LogP contribution in [0.5, 0.6) is 0 Å². The van der Waals surface area contributed by atoms with Crippen LogP contribution in [0.25, 0.3) is 11.0 Å². The lowest BCUT2D eigenvalue weighted by atomic mass is 10.0. The number of nitrogens with one attached hydrogen (secondary N) is 2. The minimum Gasteiger partial charge on any atom is -0.331 e. The van der Waals surface area contributed by atoms with Gasteiger partial charge in [-0.1, -0.05) is 30.3 Å². The zero-order chi connectivity index (χ0) is 25.8. The van der Waals surface area contributed by atoms with Crippen molar-refractivity contribution in [1.82, 2.24) is 29.6 Å². The molecule has 9 nitrogen and oxygen atoms in total. The van der Waals surface area contributed by atoms with Gasteiger partial charge in [-0.15, -0.1) is 0 Å². The second-order valence-corrected chi connectivity index (χ2v) is 10.2. The number of hydrogen-bond acceptors (Lipinski definition) is 4. The van der Waals surface area contributed by atoms with Gasteiger partial charge in [-0.25, -0.2) is 14.6 Å². The predicted molar refractivity (Wildman–Crippen MR) is 146 cm³/mol. The van der Waals surface area contributed by atoms with E-state index in [1.165, 1.54) is 5.56 Å². The van der Waals surface area contributed by atoms with Crippen molar-refractivity contribution in [2.45, 2.75) is 44.8 Å². The molecule has 0 spiro atoms. The second-order valence-electron chi connectivity index (χ2n) is 10.2. The molecule has 0 bridgehead atoms. The van der Waals surface area contributed by atoms with Crippen molar-refractivity contribution >= 4 is 28.8 Å². The van der Waals surface area contributed by atoms with Crippen molar-refractivity contribution in [3.63, 3.8) is 0 Å². The minimum absolute atomic E-state index is 0.0407. The molecule has 0 aliphatic carbocycles.